The molecule has 1 fully saturated rings. The Morgan fingerprint density at radius 2 is 1.95 bits per heavy atom. The van der Waals surface area contributed by atoms with Crippen LogP contribution in [-0.4, -0.2) is 26.7 Å². The number of nitrogens with one attached hydrogen (secondary N) is 1. The van der Waals surface area contributed by atoms with E-state index in [1.807, 2.05) is 32.9 Å². The van der Waals surface area contributed by atoms with Crippen LogP contribution in [0.25, 0.3) is 0 Å². The largest absolute Gasteiger partial charge is 0.374 e. The predicted octanol–water partition coefficient (Wildman–Crippen LogP) is 3.01. The summed E-state index contributed by atoms with van der Waals surface area (Å²) in [4.78, 5) is 0.317. The lowest BCUT2D eigenvalue weighted by atomic mass is 9.82. The first kappa shape index (κ1) is 16.5. The van der Waals surface area contributed by atoms with E-state index >= 15 is 0 Å². The van der Waals surface area contributed by atoms with Crippen LogP contribution in [0.2, 0.25) is 0 Å². The Morgan fingerprint density at radius 3 is 2.57 bits per heavy atom. The summed E-state index contributed by atoms with van der Waals surface area (Å²) in [5.74, 6) is 0. The third-order valence-corrected chi connectivity index (χ3v) is 5.74. The summed E-state index contributed by atoms with van der Waals surface area (Å²) in [6.07, 6.45) is 3.83. The maximum atomic E-state index is 12.5. The van der Waals surface area contributed by atoms with Gasteiger partial charge in [-0.3, -0.25) is 0 Å². The minimum Gasteiger partial charge on any atom is -0.374 e. The fourth-order valence-corrected chi connectivity index (χ4v) is 4.34. The minimum absolute atomic E-state index is 0.169. The predicted molar refractivity (Wildman–Crippen MR) is 83.8 cm³/mol. The summed E-state index contributed by atoms with van der Waals surface area (Å²) in [6.45, 7) is 6.50. The van der Waals surface area contributed by atoms with Gasteiger partial charge in [-0.05, 0) is 45.7 Å². The Bertz CT molecular complexity index is 564. The molecule has 1 aromatic carbocycles. The molecule has 4 nitrogen and oxygen atoms in total. The number of sulfonamides is 1. The first-order valence-electron chi connectivity index (χ1n) is 7.60. The van der Waals surface area contributed by atoms with Crippen LogP contribution in [0.1, 0.15) is 45.1 Å². The summed E-state index contributed by atoms with van der Waals surface area (Å²) in [7, 11) is -3.50. The van der Waals surface area contributed by atoms with E-state index in [-0.39, 0.29) is 6.04 Å². The maximum absolute atomic E-state index is 12.5. The van der Waals surface area contributed by atoms with Crippen LogP contribution in [0, 0.1) is 6.92 Å². The van der Waals surface area contributed by atoms with Crippen molar-refractivity contribution in [2.75, 3.05) is 6.61 Å². The van der Waals surface area contributed by atoms with E-state index in [4.69, 9.17) is 4.74 Å². The van der Waals surface area contributed by atoms with Crippen molar-refractivity contribution in [1.29, 1.82) is 0 Å². The second kappa shape index (κ2) is 6.46. The molecular weight excluding hydrogens is 286 g/mol. The van der Waals surface area contributed by atoms with Gasteiger partial charge in [-0.25, -0.2) is 13.1 Å². The first-order valence-corrected chi connectivity index (χ1v) is 9.09. The molecule has 118 valence electrons. The van der Waals surface area contributed by atoms with Gasteiger partial charge in [0, 0.05) is 6.61 Å². The van der Waals surface area contributed by atoms with E-state index in [1.165, 1.54) is 0 Å². The van der Waals surface area contributed by atoms with Crippen molar-refractivity contribution < 1.29 is 13.2 Å². The van der Waals surface area contributed by atoms with Gasteiger partial charge in [-0.1, -0.05) is 30.5 Å². The molecule has 1 aliphatic rings. The maximum Gasteiger partial charge on any atom is 0.240 e. The quantitative estimate of drug-likeness (QED) is 0.909. The topological polar surface area (TPSA) is 55.4 Å². The highest BCUT2D eigenvalue weighted by Gasteiger charge is 2.39. The van der Waals surface area contributed by atoms with Crippen LogP contribution in [0.5, 0.6) is 0 Å². The first-order chi connectivity index (χ1) is 9.87. The molecule has 0 aromatic heterocycles. The Morgan fingerprint density at radius 1 is 1.29 bits per heavy atom. The molecule has 0 aliphatic heterocycles. The molecule has 0 amide bonds. The summed E-state index contributed by atoms with van der Waals surface area (Å²) >= 11 is 0. The number of benzene rings is 1. The van der Waals surface area contributed by atoms with Crippen LogP contribution < -0.4 is 4.72 Å². The second-order valence-electron chi connectivity index (χ2n) is 5.98. The van der Waals surface area contributed by atoms with Crippen LogP contribution in [0.3, 0.4) is 0 Å². The molecule has 0 spiro atoms. The van der Waals surface area contributed by atoms with Crippen molar-refractivity contribution in [2.24, 2.45) is 0 Å². The van der Waals surface area contributed by atoms with E-state index in [9.17, 15) is 8.42 Å². The number of ether oxygens (including phenoxy) is 1. The van der Waals surface area contributed by atoms with Gasteiger partial charge < -0.3 is 4.74 Å². The van der Waals surface area contributed by atoms with Crippen LogP contribution in [-0.2, 0) is 14.8 Å². The molecule has 1 aromatic rings. The van der Waals surface area contributed by atoms with Gasteiger partial charge in [0.1, 0.15) is 0 Å². The standard InChI is InChI=1S/C16H25NO3S/c1-4-20-16(3)12-6-5-7-15(16)17-21(18,19)14-10-8-13(2)9-11-14/h8-11,15,17H,4-7,12H2,1-3H3/t15-,16-/m0/s1. The Labute approximate surface area is 127 Å². The summed E-state index contributed by atoms with van der Waals surface area (Å²) in [5, 5.41) is 0. The Balaban J connectivity index is 2.19. The van der Waals surface area contributed by atoms with Gasteiger partial charge in [0.25, 0.3) is 0 Å². The molecule has 1 saturated carbocycles. The van der Waals surface area contributed by atoms with Crippen molar-refractivity contribution in [3.05, 3.63) is 29.8 Å². The fourth-order valence-electron chi connectivity index (χ4n) is 2.96. The SMILES string of the molecule is CCO[C@@]1(C)CCCC[C@@H]1NS(=O)(=O)c1ccc(C)cc1. The molecule has 21 heavy (non-hydrogen) atoms. The number of hydrogen-bond donors (Lipinski definition) is 1. The Kier molecular flexibility index (Phi) is 5.07. The number of rotatable bonds is 5. The molecule has 0 heterocycles. The summed E-state index contributed by atoms with van der Waals surface area (Å²) in [5.41, 5.74) is 0.635. The lowest BCUT2D eigenvalue weighted by Crippen LogP contribution is -2.54. The minimum atomic E-state index is -3.50. The van der Waals surface area contributed by atoms with E-state index < -0.39 is 15.6 Å². The molecule has 1 aliphatic carbocycles. The number of hydrogen-bond acceptors (Lipinski definition) is 3. The summed E-state index contributed by atoms with van der Waals surface area (Å²) < 4.78 is 33.8. The third-order valence-electron chi connectivity index (χ3n) is 4.26. The average Bonchev–Trinajstić information content (AvgIpc) is 2.42. The molecule has 1 N–H and O–H groups in total. The van der Waals surface area contributed by atoms with E-state index in [0.717, 1.165) is 31.2 Å². The van der Waals surface area contributed by atoms with Crippen molar-refractivity contribution in [2.45, 2.75) is 63.0 Å². The highest BCUT2D eigenvalue weighted by atomic mass is 32.2. The van der Waals surface area contributed by atoms with Gasteiger partial charge in [0.05, 0.1) is 16.5 Å². The van der Waals surface area contributed by atoms with Gasteiger partial charge in [0.2, 0.25) is 10.0 Å². The average molecular weight is 311 g/mol. The van der Waals surface area contributed by atoms with E-state index in [1.54, 1.807) is 12.1 Å². The highest BCUT2D eigenvalue weighted by Crippen LogP contribution is 2.32. The second-order valence-corrected chi connectivity index (χ2v) is 7.69. The third kappa shape index (κ3) is 3.84. The highest BCUT2D eigenvalue weighted by molar-refractivity contribution is 7.89. The van der Waals surface area contributed by atoms with Gasteiger partial charge in [-0.15, -0.1) is 0 Å². The van der Waals surface area contributed by atoms with Crippen molar-refractivity contribution in [1.82, 2.24) is 4.72 Å². The lowest BCUT2D eigenvalue weighted by molar-refractivity contribution is -0.0675. The molecule has 0 radical (unpaired) electrons. The molecule has 0 saturated heterocycles. The Hall–Kier alpha value is -0.910. The van der Waals surface area contributed by atoms with Gasteiger partial charge >= 0.3 is 0 Å². The van der Waals surface area contributed by atoms with E-state index in [0.29, 0.717) is 11.5 Å². The van der Waals surface area contributed by atoms with Crippen LogP contribution in [0.4, 0.5) is 0 Å². The molecule has 2 atom stereocenters. The van der Waals surface area contributed by atoms with Crippen molar-refractivity contribution >= 4 is 10.0 Å². The molecular formula is C16H25NO3S. The van der Waals surface area contributed by atoms with Gasteiger partial charge in [-0.2, -0.15) is 0 Å². The van der Waals surface area contributed by atoms with Crippen LogP contribution in [0.15, 0.2) is 29.2 Å². The zero-order chi connectivity index (χ0) is 15.5. The molecule has 0 bridgehead atoms. The smallest absolute Gasteiger partial charge is 0.240 e. The molecule has 0 unspecified atom stereocenters. The van der Waals surface area contributed by atoms with E-state index in [2.05, 4.69) is 4.72 Å². The number of aryl methyl sites for hydroxylation is 1. The van der Waals surface area contributed by atoms with Crippen molar-refractivity contribution in [3.63, 3.8) is 0 Å². The molecule has 5 heteroatoms. The van der Waals surface area contributed by atoms with Gasteiger partial charge in [0.15, 0.2) is 0 Å². The lowest BCUT2D eigenvalue weighted by Gasteiger charge is -2.41. The zero-order valence-electron chi connectivity index (χ0n) is 13.1. The fraction of sp³-hybridized carbons (Fsp3) is 0.625. The molecule has 2 rings (SSSR count). The monoisotopic (exact) mass is 311 g/mol. The van der Waals surface area contributed by atoms with Crippen molar-refractivity contribution in [3.8, 4) is 0 Å². The zero-order valence-corrected chi connectivity index (χ0v) is 13.9. The normalized spacial score (nSPS) is 26.7. The van der Waals surface area contributed by atoms with Crippen LogP contribution >= 0.6 is 0 Å². The summed E-state index contributed by atoms with van der Waals surface area (Å²) in [6, 6.07) is 6.77.